The first-order valence-electron chi connectivity index (χ1n) is 10.5. The van der Waals surface area contributed by atoms with Gasteiger partial charge in [-0.1, -0.05) is 12.1 Å². The van der Waals surface area contributed by atoms with Gasteiger partial charge in [-0.25, -0.2) is 5.06 Å². The predicted octanol–water partition coefficient (Wildman–Crippen LogP) is 3.24. The van der Waals surface area contributed by atoms with Gasteiger partial charge in [0, 0.05) is 26.1 Å². The van der Waals surface area contributed by atoms with E-state index in [9.17, 15) is 9.59 Å². The maximum absolute atomic E-state index is 12.9. The van der Waals surface area contributed by atoms with Gasteiger partial charge in [0.15, 0.2) is 0 Å². The van der Waals surface area contributed by atoms with Crippen LogP contribution in [0.5, 0.6) is 5.75 Å². The summed E-state index contributed by atoms with van der Waals surface area (Å²) in [6.07, 6.45) is 1.46. The second-order valence-corrected chi connectivity index (χ2v) is 8.88. The number of carbonyl (C=O) groups excluding carboxylic acids is 2. The minimum Gasteiger partial charge on any atom is -0.497 e. The van der Waals surface area contributed by atoms with Crippen molar-refractivity contribution in [3.8, 4) is 5.75 Å². The Bertz CT molecular complexity index is 908. The number of piperidine rings is 1. The van der Waals surface area contributed by atoms with Crippen LogP contribution < -0.4 is 4.74 Å². The highest BCUT2D eigenvalue weighted by Gasteiger charge is 2.58. The summed E-state index contributed by atoms with van der Waals surface area (Å²) in [5, 5.41) is 5.72. The fraction of sp³-hybridized carbons (Fsp3) is 0.478. The molecule has 166 valence electrons. The van der Waals surface area contributed by atoms with E-state index in [1.165, 1.54) is 17.7 Å². The van der Waals surface area contributed by atoms with Crippen LogP contribution in [-0.2, 0) is 32.3 Å². The lowest BCUT2D eigenvalue weighted by molar-refractivity contribution is -0.229. The fourth-order valence-corrected chi connectivity index (χ4v) is 5.33. The second-order valence-electron chi connectivity index (χ2n) is 8.10. The van der Waals surface area contributed by atoms with Crippen molar-refractivity contribution in [2.24, 2.45) is 5.92 Å². The number of esters is 1. The summed E-state index contributed by atoms with van der Waals surface area (Å²) in [6.45, 7) is 2.68. The zero-order valence-electron chi connectivity index (χ0n) is 17.9. The van der Waals surface area contributed by atoms with Crippen molar-refractivity contribution in [3.63, 3.8) is 0 Å². The number of ether oxygens (including phenoxy) is 2. The van der Waals surface area contributed by atoms with Crippen LogP contribution in [0.2, 0.25) is 0 Å². The van der Waals surface area contributed by atoms with Gasteiger partial charge >= 0.3 is 5.97 Å². The van der Waals surface area contributed by atoms with Gasteiger partial charge < -0.3 is 9.47 Å². The molecular weight excluding hydrogens is 416 g/mol. The topological polar surface area (TPSA) is 68.3 Å². The Balaban J connectivity index is 1.50. The molecule has 0 saturated carbocycles. The van der Waals surface area contributed by atoms with E-state index in [1.54, 1.807) is 18.4 Å². The molecule has 8 heteroatoms. The van der Waals surface area contributed by atoms with E-state index in [1.807, 2.05) is 24.3 Å². The Morgan fingerprint density at radius 3 is 2.68 bits per heavy atom. The van der Waals surface area contributed by atoms with Crippen molar-refractivity contribution >= 4 is 23.2 Å². The lowest BCUT2D eigenvalue weighted by Crippen LogP contribution is -2.57. The molecule has 2 fully saturated rings. The van der Waals surface area contributed by atoms with Crippen LogP contribution in [0.15, 0.2) is 41.1 Å². The molecule has 1 aromatic carbocycles. The van der Waals surface area contributed by atoms with Crippen molar-refractivity contribution in [2.45, 2.75) is 38.0 Å². The Morgan fingerprint density at radius 2 is 2.00 bits per heavy atom. The molecule has 3 heterocycles. The first-order valence-corrected chi connectivity index (χ1v) is 11.4. The smallest absolute Gasteiger partial charge is 0.311 e. The lowest BCUT2D eigenvalue weighted by atomic mass is 9.77. The highest BCUT2D eigenvalue weighted by Crippen LogP contribution is 2.45. The quantitative estimate of drug-likeness (QED) is 0.611. The molecule has 1 amide bonds. The minimum absolute atomic E-state index is 0.120. The van der Waals surface area contributed by atoms with Gasteiger partial charge in [-0.05, 0) is 52.9 Å². The van der Waals surface area contributed by atoms with Gasteiger partial charge in [-0.3, -0.25) is 19.3 Å². The number of carbonyl (C=O) groups is 2. The highest BCUT2D eigenvalue weighted by molar-refractivity contribution is 7.07. The summed E-state index contributed by atoms with van der Waals surface area (Å²) in [4.78, 5) is 33.9. The van der Waals surface area contributed by atoms with Gasteiger partial charge in [-0.15, -0.1) is 0 Å². The molecule has 2 aliphatic heterocycles. The number of hydrogen-bond acceptors (Lipinski definition) is 7. The van der Waals surface area contributed by atoms with Crippen LogP contribution in [0.25, 0.3) is 0 Å². The number of amides is 1. The van der Waals surface area contributed by atoms with Crippen LogP contribution in [0.4, 0.5) is 0 Å². The largest absolute Gasteiger partial charge is 0.497 e. The van der Waals surface area contributed by atoms with Crippen LogP contribution in [0.3, 0.4) is 0 Å². The Morgan fingerprint density at radius 1 is 1.19 bits per heavy atom. The van der Waals surface area contributed by atoms with Crippen molar-refractivity contribution in [1.82, 2.24) is 9.96 Å². The summed E-state index contributed by atoms with van der Waals surface area (Å²) in [7, 11) is 3.00. The van der Waals surface area contributed by atoms with Crippen molar-refractivity contribution < 1.29 is 23.9 Å². The van der Waals surface area contributed by atoms with Crippen molar-refractivity contribution in [2.75, 3.05) is 27.3 Å². The Labute approximate surface area is 186 Å². The van der Waals surface area contributed by atoms with E-state index in [2.05, 4.69) is 21.7 Å². The summed E-state index contributed by atoms with van der Waals surface area (Å²) >= 11 is 1.69. The molecular formula is C23H28N2O5S. The molecule has 1 spiro atoms. The number of methoxy groups -OCH3 is 2. The molecule has 1 atom stereocenters. The number of thiophene rings is 1. The van der Waals surface area contributed by atoms with Gasteiger partial charge in [0.25, 0.3) is 0 Å². The fourth-order valence-electron chi connectivity index (χ4n) is 4.67. The first kappa shape index (κ1) is 21.8. The third kappa shape index (κ3) is 4.46. The highest BCUT2D eigenvalue weighted by atomic mass is 32.1. The van der Waals surface area contributed by atoms with Gasteiger partial charge in [0.05, 0.1) is 25.7 Å². The maximum atomic E-state index is 12.9. The molecule has 31 heavy (non-hydrogen) atoms. The minimum atomic E-state index is -0.672. The molecule has 2 aromatic rings. The number of benzene rings is 1. The third-order valence-electron chi connectivity index (χ3n) is 6.35. The van der Waals surface area contributed by atoms with E-state index in [0.29, 0.717) is 12.8 Å². The van der Waals surface area contributed by atoms with Crippen LogP contribution in [0, 0.1) is 5.92 Å². The van der Waals surface area contributed by atoms with Crippen molar-refractivity contribution in [3.05, 3.63) is 52.2 Å². The van der Waals surface area contributed by atoms with Crippen LogP contribution >= 0.6 is 11.3 Å². The molecule has 2 saturated heterocycles. The van der Waals surface area contributed by atoms with E-state index in [4.69, 9.17) is 14.3 Å². The first-order chi connectivity index (χ1) is 15.1. The number of rotatable bonds is 7. The van der Waals surface area contributed by atoms with Crippen LogP contribution in [0.1, 0.15) is 30.4 Å². The zero-order chi connectivity index (χ0) is 21.8. The van der Waals surface area contributed by atoms with Crippen molar-refractivity contribution in [1.29, 1.82) is 0 Å². The number of nitrogens with zero attached hydrogens (tertiary/aromatic N) is 2. The summed E-state index contributed by atoms with van der Waals surface area (Å²) in [6, 6.07) is 9.70. The molecule has 0 N–H and O–H groups in total. The van der Waals surface area contributed by atoms with E-state index < -0.39 is 11.5 Å². The normalized spacial score (nSPS) is 20.9. The molecule has 1 unspecified atom stereocenters. The molecule has 2 aliphatic rings. The zero-order valence-corrected chi connectivity index (χ0v) is 18.7. The number of hydroxylamine groups is 2. The molecule has 7 nitrogen and oxygen atoms in total. The number of hydrogen-bond donors (Lipinski definition) is 0. The summed E-state index contributed by atoms with van der Waals surface area (Å²) < 4.78 is 10.3. The Kier molecular flexibility index (Phi) is 6.60. The average Bonchev–Trinajstić information content (AvgIpc) is 3.40. The second kappa shape index (κ2) is 9.38. The van der Waals surface area contributed by atoms with Gasteiger partial charge in [0.1, 0.15) is 12.4 Å². The lowest BCUT2D eigenvalue weighted by Gasteiger charge is -2.45. The van der Waals surface area contributed by atoms with E-state index >= 15 is 0 Å². The molecule has 0 aliphatic carbocycles. The molecule has 0 bridgehead atoms. The molecule has 4 rings (SSSR count). The SMILES string of the molecule is COC(=O)C1CC(=O)N(OCc2cccc(OC)c2)C12CCN(Cc1ccsc1)CC2. The Hall–Kier alpha value is -2.42. The van der Waals surface area contributed by atoms with E-state index in [-0.39, 0.29) is 24.9 Å². The maximum Gasteiger partial charge on any atom is 0.311 e. The van der Waals surface area contributed by atoms with Crippen LogP contribution in [-0.4, -0.2) is 54.7 Å². The molecule has 0 radical (unpaired) electrons. The monoisotopic (exact) mass is 444 g/mol. The standard InChI is InChI=1S/C23H28N2O5S/c1-28-19-5-3-4-17(12-19)15-30-25-21(26)13-20(22(27)29-2)23(25)7-9-24(10-8-23)14-18-6-11-31-16-18/h3-6,11-12,16,20H,7-10,13-15H2,1-2H3. The van der Waals surface area contributed by atoms with E-state index in [0.717, 1.165) is 30.9 Å². The van der Waals surface area contributed by atoms with Gasteiger partial charge in [-0.2, -0.15) is 11.3 Å². The molecule has 1 aromatic heterocycles. The summed E-state index contributed by atoms with van der Waals surface area (Å²) in [5.41, 5.74) is 1.52. The third-order valence-corrected chi connectivity index (χ3v) is 7.08. The average molecular weight is 445 g/mol. The summed E-state index contributed by atoms with van der Waals surface area (Å²) in [5.74, 6) is -0.284. The predicted molar refractivity (Wildman–Crippen MR) is 116 cm³/mol. The number of likely N-dealkylation sites (tertiary alicyclic amines) is 1. The van der Waals surface area contributed by atoms with Gasteiger partial charge in [0.2, 0.25) is 5.91 Å².